The normalized spacial score (nSPS) is 14.5. The standard InChI is InChI=1S/C13H16N2O3/c1-10-4-2-3-5-11(10)14-12(16)6-7-15-8-9-18-13(15)17/h2-5H,6-9H2,1H3,(H,14,16). The van der Waals surface area contributed by atoms with Crippen molar-refractivity contribution in [1.29, 1.82) is 0 Å². The molecule has 1 heterocycles. The number of hydrogen-bond donors (Lipinski definition) is 1. The first kappa shape index (κ1) is 12.4. The Labute approximate surface area is 106 Å². The number of aryl methyl sites for hydroxylation is 1. The van der Waals surface area contributed by atoms with Gasteiger partial charge in [0.1, 0.15) is 6.61 Å². The Bertz CT molecular complexity index is 459. The van der Waals surface area contributed by atoms with Gasteiger partial charge >= 0.3 is 6.09 Å². The Morgan fingerprint density at radius 2 is 2.22 bits per heavy atom. The van der Waals surface area contributed by atoms with E-state index in [1.165, 1.54) is 4.90 Å². The van der Waals surface area contributed by atoms with Crippen LogP contribution in [0.5, 0.6) is 0 Å². The van der Waals surface area contributed by atoms with Gasteiger partial charge in [-0.1, -0.05) is 18.2 Å². The van der Waals surface area contributed by atoms with Crippen molar-refractivity contribution in [3.63, 3.8) is 0 Å². The van der Waals surface area contributed by atoms with E-state index < -0.39 is 0 Å². The molecule has 1 aromatic carbocycles. The number of benzene rings is 1. The Hall–Kier alpha value is -2.04. The van der Waals surface area contributed by atoms with E-state index in [0.29, 0.717) is 19.7 Å². The van der Waals surface area contributed by atoms with Crippen LogP contribution in [0.1, 0.15) is 12.0 Å². The van der Waals surface area contributed by atoms with E-state index in [-0.39, 0.29) is 18.4 Å². The molecule has 1 aliphatic rings. The fourth-order valence-corrected chi connectivity index (χ4v) is 1.79. The summed E-state index contributed by atoms with van der Waals surface area (Å²) < 4.78 is 4.79. The molecule has 0 saturated carbocycles. The molecule has 0 spiro atoms. The first-order chi connectivity index (χ1) is 8.66. The van der Waals surface area contributed by atoms with Gasteiger partial charge < -0.3 is 15.0 Å². The number of ether oxygens (including phenoxy) is 1. The lowest BCUT2D eigenvalue weighted by Gasteiger charge is -2.12. The molecule has 5 nitrogen and oxygen atoms in total. The van der Waals surface area contributed by atoms with Crippen molar-refractivity contribution >= 4 is 17.7 Å². The van der Waals surface area contributed by atoms with Crippen LogP contribution >= 0.6 is 0 Å². The highest BCUT2D eigenvalue weighted by molar-refractivity contribution is 5.91. The predicted molar refractivity (Wildman–Crippen MR) is 67.3 cm³/mol. The molecule has 1 saturated heterocycles. The summed E-state index contributed by atoms with van der Waals surface area (Å²) in [5, 5.41) is 2.83. The SMILES string of the molecule is Cc1ccccc1NC(=O)CCN1CCOC1=O. The average molecular weight is 248 g/mol. The molecule has 0 atom stereocenters. The van der Waals surface area contributed by atoms with Gasteiger partial charge in [0.25, 0.3) is 0 Å². The smallest absolute Gasteiger partial charge is 0.409 e. The molecule has 0 aromatic heterocycles. The van der Waals surface area contributed by atoms with Crippen molar-refractivity contribution in [3.8, 4) is 0 Å². The molecular weight excluding hydrogens is 232 g/mol. The Morgan fingerprint density at radius 3 is 2.89 bits per heavy atom. The molecule has 1 aromatic rings. The van der Waals surface area contributed by atoms with E-state index in [1.807, 2.05) is 31.2 Å². The maximum Gasteiger partial charge on any atom is 0.409 e. The molecule has 1 N–H and O–H groups in total. The van der Waals surface area contributed by atoms with E-state index in [9.17, 15) is 9.59 Å². The maximum atomic E-state index is 11.7. The molecule has 1 fully saturated rings. The lowest BCUT2D eigenvalue weighted by molar-refractivity contribution is -0.116. The van der Waals surface area contributed by atoms with Gasteiger partial charge in [-0.3, -0.25) is 4.79 Å². The highest BCUT2D eigenvalue weighted by Gasteiger charge is 2.22. The number of nitrogens with one attached hydrogen (secondary N) is 1. The second kappa shape index (κ2) is 5.53. The molecule has 1 aliphatic heterocycles. The Kier molecular flexibility index (Phi) is 3.82. The van der Waals surface area contributed by atoms with Crippen LogP contribution in [0.4, 0.5) is 10.5 Å². The van der Waals surface area contributed by atoms with Crippen LogP contribution < -0.4 is 5.32 Å². The second-order valence-electron chi connectivity index (χ2n) is 4.21. The number of cyclic esters (lactones) is 1. The third-order valence-corrected chi connectivity index (χ3v) is 2.87. The van der Waals surface area contributed by atoms with Crippen LogP contribution in [0.25, 0.3) is 0 Å². The van der Waals surface area contributed by atoms with E-state index >= 15 is 0 Å². The summed E-state index contributed by atoms with van der Waals surface area (Å²) >= 11 is 0. The third-order valence-electron chi connectivity index (χ3n) is 2.87. The van der Waals surface area contributed by atoms with Crippen molar-refractivity contribution in [3.05, 3.63) is 29.8 Å². The highest BCUT2D eigenvalue weighted by Crippen LogP contribution is 2.13. The van der Waals surface area contributed by atoms with Crippen molar-refractivity contribution in [2.45, 2.75) is 13.3 Å². The van der Waals surface area contributed by atoms with Crippen molar-refractivity contribution in [1.82, 2.24) is 4.90 Å². The van der Waals surface area contributed by atoms with Crippen LogP contribution in [-0.2, 0) is 9.53 Å². The summed E-state index contributed by atoms with van der Waals surface area (Å²) in [6.07, 6.45) is -0.0534. The van der Waals surface area contributed by atoms with E-state index in [1.54, 1.807) is 0 Å². The number of rotatable bonds is 4. The van der Waals surface area contributed by atoms with Gasteiger partial charge in [0.05, 0.1) is 6.54 Å². The summed E-state index contributed by atoms with van der Waals surface area (Å²) in [5.41, 5.74) is 1.83. The molecule has 0 bridgehead atoms. The molecule has 2 amide bonds. The minimum Gasteiger partial charge on any atom is -0.448 e. The van der Waals surface area contributed by atoms with Gasteiger partial charge in [0, 0.05) is 18.7 Å². The van der Waals surface area contributed by atoms with Gasteiger partial charge in [-0.15, -0.1) is 0 Å². The van der Waals surface area contributed by atoms with Gasteiger partial charge in [-0.25, -0.2) is 4.79 Å². The van der Waals surface area contributed by atoms with Gasteiger partial charge in [-0.05, 0) is 18.6 Å². The summed E-state index contributed by atoms with van der Waals surface area (Å²) in [5.74, 6) is -0.0935. The van der Waals surface area contributed by atoms with Crippen LogP contribution in [0.2, 0.25) is 0 Å². The molecule has 96 valence electrons. The quantitative estimate of drug-likeness (QED) is 0.883. The summed E-state index contributed by atoms with van der Waals surface area (Å²) in [7, 11) is 0. The topological polar surface area (TPSA) is 58.6 Å². The number of hydrogen-bond acceptors (Lipinski definition) is 3. The van der Waals surface area contributed by atoms with Crippen LogP contribution in [-0.4, -0.2) is 36.6 Å². The largest absolute Gasteiger partial charge is 0.448 e. The van der Waals surface area contributed by atoms with Gasteiger partial charge in [0.2, 0.25) is 5.91 Å². The van der Waals surface area contributed by atoms with Gasteiger partial charge in [-0.2, -0.15) is 0 Å². The average Bonchev–Trinajstić information content (AvgIpc) is 2.75. The molecule has 2 rings (SSSR count). The third kappa shape index (κ3) is 3.00. The first-order valence-electron chi connectivity index (χ1n) is 5.94. The zero-order valence-electron chi connectivity index (χ0n) is 10.3. The van der Waals surface area contributed by atoms with Crippen LogP contribution in [0, 0.1) is 6.92 Å². The lowest BCUT2D eigenvalue weighted by Crippen LogP contribution is -2.28. The van der Waals surface area contributed by atoms with Crippen LogP contribution in [0.3, 0.4) is 0 Å². The molecule has 18 heavy (non-hydrogen) atoms. The first-order valence-corrected chi connectivity index (χ1v) is 5.94. The zero-order chi connectivity index (χ0) is 13.0. The Morgan fingerprint density at radius 1 is 1.44 bits per heavy atom. The van der Waals surface area contributed by atoms with E-state index in [0.717, 1.165) is 11.3 Å². The summed E-state index contributed by atoms with van der Waals surface area (Å²) in [6.45, 7) is 3.32. The zero-order valence-corrected chi connectivity index (χ0v) is 10.3. The number of amides is 2. The van der Waals surface area contributed by atoms with Crippen LogP contribution in [0.15, 0.2) is 24.3 Å². The number of carbonyl (C=O) groups excluding carboxylic acids is 2. The molecular formula is C13H16N2O3. The fourth-order valence-electron chi connectivity index (χ4n) is 1.79. The lowest BCUT2D eigenvalue weighted by atomic mass is 10.2. The maximum absolute atomic E-state index is 11.7. The summed E-state index contributed by atoms with van der Waals surface area (Å²) in [4.78, 5) is 24.4. The van der Waals surface area contributed by atoms with E-state index in [2.05, 4.69) is 5.32 Å². The predicted octanol–water partition coefficient (Wildman–Crippen LogP) is 1.78. The summed E-state index contributed by atoms with van der Waals surface area (Å²) in [6, 6.07) is 7.59. The van der Waals surface area contributed by atoms with Gasteiger partial charge in [0.15, 0.2) is 0 Å². The number of nitrogens with zero attached hydrogens (tertiary/aromatic N) is 1. The number of para-hydroxylation sites is 1. The van der Waals surface area contributed by atoms with E-state index in [4.69, 9.17) is 4.74 Å². The molecule has 0 unspecified atom stereocenters. The monoisotopic (exact) mass is 248 g/mol. The van der Waals surface area contributed by atoms with Crippen molar-refractivity contribution in [2.24, 2.45) is 0 Å². The van der Waals surface area contributed by atoms with Crippen molar-refractivity contribution < 1.29 is 14.3 Å². The minimum absolute atomic E-state index is 0.0935. The number of anilines is 1. The van der Waals surface area contributed by atoms with Crippen molar-refractivity contribution in [2.75, 3.05) is 25.0 Å². The minimum atomic E-state index is -0.335. The molecule has 0 aliphatic carbocycles. The Balaban J connectivity index is 1.82. The molecule has 0 radical (unpaired) electrons. The highest BCUT2D eigenvalue weighted by atomic mass is 16.6. The molecule has 5 heteroatoms. The fraction of sp³-hybridized carbons (Fsp3) is 0.385. The number of carbonyl (C=O) groups is 2. The second-order valence-corrected chi connectivity index (χ2v) is 4.21.